The summed E-state index contributed by atoms with van der Waals surface area (Å²) in [5, 5.41) is 2.00. The second-order valence-electron chi connectivity index (χ2n) is 9.84. The number of esters is 1. The fourth-order valence-electron chi connectivity index (χ4n) is 4.82. The molecule has 0 N–H and O–H groups in total. The van der Waals surface area contributed by atoms with Gasteiger partial charge in [0.05, 0.1) is 27.4 Å². The summed E-state index contributed by atoms with van der Waals surface area (Å²) in [6.07, 6.45) is 4.41. The van der Waals surface area contributed by atoms with E-state index < -0.39 is 47.9 Å². The number of ether oxygens (including phenoxy) is 1. The zero-order chi connectivity index (χ0) is 29.3. The van der Waals surface area contributed by atoms with Gasteiger partial charge < -0.3 is 4.74 Å². The third-order valence-electron chi connectivity index (χ3n) is 7.09. The van der Waals surface area contributed by atoms with Gasteiger partial charge in [-0.05, 0) is 74.4 Å². The molecule has 10 heteroatoms. The lowest BCUT2D eigenvalue weighted by Crippen LogP contribution is -2.52. The number of allylic oxidation sites excluding steroid dienone is 2. The Balaban J connectivity index is 1.38. The van der Waals surface area contributed by atoms with Gasteiger partial charge in [-0.3, -0.25) is 19.2 Å². The summed E-state index contributed by atoms with van der Waals surface area (Å²) >= 11 is 12.1. The minimum atomic E-state index is -0.756. The smallest absolute Gasteiger partial charge is 0.343 e. The normalized spacial score (nSPS) is 17.8. The molecule has 2 atom stereocenters. The molecule has 1 fully saturated rings. The number of hydrogen-bond donors (Lipinski definition) is 0. The standard InChI is InChI=1S/C31H24Cl2N2O6/c1-18-6-8-20(9-7-18)31(40)41-22-13-10-19(11-14-22)27(36)17-34(28(37)21-12-15-25(32)26(33)16-21)35-29(38)23-4-2-3-5-24(23)30(35)39/h2-3,6-16,23-24H,4-5,17H2,1H3/t23-,24+. The van der Waals surface area contributed by atoms with E-state index in [1.165, 1.54) is 42.5 Å². The van der Waals surface area contributed by atoms with Crippen LogP contribution in [0.25, 0.3) is 0 Å². The molecule has 3 aromatic rings. The number of ketones is 1. The fraction of sp³-hybridized carbons (Fsp3) is 0.194. The van der Waals surface area contributed by atoms with Crippen LogP contribution in [0.3, 0.4) is 0 Å². The molecule has 0 bridgehead atoms. The summed E-state index contributed by atoms with van der Waals surface area (Å²) in [7, 11) is 0. The molecule has 2 aliphatic rings. The van der Waals surface area contributed by atoms with Gasteiger partial charge in [0.1, 0.15) is 12.3 Å². The number of hydrazine groups is 1. The summed E-state index contributed by atoms with van der Waals surface area (Å²) in [4.78, 5) is 66.1. The molecular formula is C31H24Cl2N2O6. The summed E-state index contributed by atoms with van der Waals surface area (Å²) in [6.45, 7) is 1.32. The van der Waals surface area contributed by atoms with Crippen LogP contribution >= 0.6 is 23.2 Å². The van der Waals surface area contributed by atoms with Gasteiger partial charge in [-0.2, -0.15) is 5.01 Å². The number of halogens is 2. The van der Waals surface area contributed by atoms with Crippen molar-refractivity contribution in [1.29, 1.82) is 0 Å². The maximum Gasteiger partial charge on any atom is 0.343 e. The molecule has 0 saturated carbocycles. The van der Waals surface area contributed by atoms with E-state index in [1.807, 2.05) is 19.1 Å². The molecule has 41 heavy (non-hydrogen) atoms. The Labute approximate surface area is 246 Å². The predicted octanol–water partition coefficient (Wildman–Crippen LogP) is 5.71. The van der Waals surface area contributed by atoms with Gasteiger partial charge in [-0.25, -0.2) is 9.80 Å². The van der Waals surface area contributed by atoms with E-state index in [2.05, 4.69) is 0 Å². The van der Waals surface area contributed by atoms with Crippen LogP contribution < -0.4 is 4.74 Å². The highest BCUT2D eigenvalue weighted by Gasteiger charge is 2.51. The zero-order valence-corrected chi connectivity index (χ0v) is 23.4. The average molecular weight is 591 g/mol. The Bertz CT molecular complexity index is 1560. The van der Waals surface area contributed by atoms with Crippen LogP contribution in [0.5, 0.6) is 5.75 Å². The van der Waals surface area contributed by atoms with Gasteiger partial charge in [-0.15, -0.1) is 0 Å². The topological polar surface area (TPSA) is 101 Å². The highest BCUT2D eigenvalue weighted by Crippen LogP contribution is 2.36. The number of amides is 3. The maximum atomic E-state index is 13.6. The molecule has 1 aliphatic carbocycles. The Morgan fingerprint density at radius 1 is 0.805 bits per heavy atom. The number of carbonyl (C=O) groups is 5. The molecule has 3 amide bonds. The largest absolute Gasteiger partial charge is 0.423 e. The third-order valence-corrected chi connectivity index (χ3v) is 7.83. The molecule has 3 aromatic carbocycles. The van der Waals surface area contributed by atoms with Gasteiger partial charge in [0.2, 0.25) is 0 Å². The Morgan fingerprint density at radius 2 is 1.37 bits per heavy atom. The molecule has 5 rings (SSSR count). The van der Waals surface area contributed by atoms with Crippen molar-refractivity contribution in [2.45, 2.75) is 19.8 Å². The molecule has 0 aromatic heterocycles. The number of Topliss-reactive ketones (excluding diaryl/α,β-unsaturated/α-hetero) is 1. The van der Waals surface area contributed by atoms with Gasteiger partial charge in [0.15, 0.2) is 5.78 Å². The Hall–Kier alpha value is -4.27. The number of aryl methyl sites for hydroxylation is 1. The second kappa shape index (κ2) is 11.7. The van der Waals surface area contributed by atoms with Crippen LogP contribution in [-0.2, 0) is 9.59 Å². The van der Waals surface area contributed by atoms with Gasteiger partial charge >= 0.3 is 5.97 Å². The molecule has 1 saturated heterocycles. The molecule has 1 heterocycles. The number of benzene rings is 3. The Kier molecular flexibility index (Phi) is 8.06. The van der Waals surface area contributed by atoms with Crippen molar-refractivity contribution in [3.8, 4) is 5.75 Å². The summed E-state index contributed by atoms with van der Waals surface area (Å²) in [5.74, 6) is -3.91. The summed E-state index contributed by atoms with van der Waals surface area (Å²) < 4.78 is 5.40. The first kappa shape index (κ1) is 28.3. The lowest BCUT2D eigenvalue weighted by atomic mass is 9.85. The molecule has 8 nitrogen and oxygen atoms in total. The summed E-state index contributed by atoms with van der Waals surface area (Å²) in [5.41, 5.74) is 1.62. The van der Waals surface area contributed by atoms with Crippen molar-refractivity contribution in [2.24, 2.45) is 11.8 Å². The minimum Gasteiger partial charge on any atom is -0.423 e. The van der Waals surface area contributed by atoms with Gasteiger partial charge in [0, 0.05) is 11.1 Å². The highest BCUT2D eigenvalue weighted by atomic mass is 35.5. The average Bonchev–Trinajstić information content (AvgIpc) is 3.22. The highest BCUT2D eigenvalue weighted by molar-refractivity contribution is 6.42. The van der Waals surface area contributed by atoms with Crippen LogP contribution in [-0.4, -0.2) is 46.0 Å². The molecule has 0 radical (unpaired) electrons. The van der Waals surface area contributed by atoms with E-state index in [0.717, 1.165) is 15.6 Å². The number of carbonyl (C=O) groups excluding carboxylic acids is 5. The molecular weight excluding hydrogens is 567 g/mol. The van der Waals surface area contributed by atoms with Crippen molar-refractivity contribution in [3.05, 3.63) is 111 Å². The maximum absolute atomic E-state index is 13.6. The van der Waals surface area contributed by atoms with Crippen LogP contribution in [0.2, 0.25) is 10.0 Å². The number of rotatable bonds is 7. The van der Waals surface area contributed by atoms with E-state index in [-0.39, 0.29) is 26.9 Å². The minimum absolute atomic E-state index is 0.0548. The first-order chi connectivity index (χ1) is 19.6. The predicted molar refractivity (Wildman–Crippen MR) is 152 cm³/mol. The molecule has 1 aliphatic heterocycles. The Morgan fingerprint density at radius 3 is 1.95 bits per heavy atom. The van der Waals surface area contributed by atoms with E-state index in [0.29, 0.717) is 18.4 Å². The van der Waals surface area contributed by atoms with E-state index in [4.69, 9.17) is 27.9 Å². The molecule has 208 valence electrons. The molecule has 0 unspecified atom stereocenters. The van der Waals surface area contributed by atoms with Crippen LogP contribution in [0.4, 0.5) is 0 Å². The van der Waals surface area contributed by atoms with Crippen molar-refractivity contribution in [1.82, 2.24) is 10.0 Å². The number of nitrogens with zero attached hydrogens (tertiary/aromatic N) is 2. The first-order valence-corrected chi connectivity index (χ1v) is 13.6. The van der Waals surface area contributed by atoms with Gasteiger partial charge in [-0.1, -0.05) is 53.1 Å². The number of fused-ring (bicyclic) bond motifs is 1. The van der Waals surface area contributed by atoms with Crippen molar-refractivity contribution >= 4 is 52.7 Å². The lowest BCUT2D eigenvalue weighted by molar-refractivity contribution is -0.154. The SMILES string of the molecule is Cc1ccc(C(=O)Oc2ccc(C(=O)CN(C(=O)c3ccc(Cl)c(Cl)c3)N3C(=O)[C@H]4CC=CC[C@H]4C3=O)cc2)cc1. The third kappa shape index (κ3) is 5.80. The van der Waals surface area contributed by atoms with Crippen LogP contribution in [0, 0.1) is 18.8 Å². The lowest BCUT2D eigenvalue weighted by Gasteiger charge is -2.30. The van der Waals surface area contributed by atoms with Gasteiger partial charge in [0.25, 0.3) is 17.7 Å². The van der Waals surface area contributed by atoms with Crippen molar-refractivity contribution < 1.29 is 28.7 Å². The summed E-state index contributed by atoms with van der Waals surface area (Å²) in [6, 6.07) is 16.8. The van der Waals surface area contributed by atoms with Crippen LogP contribution in [0.1, 0.15) is 49.5 Å². The monoisotopic (exact) mass is 590 g/mol. The fourth-order valence-corrected chi connectivity index (χ4v) is 5.12. The van der Waals surface area contributed by atoms with E-state index >= 15 is 0 Å². The first-order valence-electron chi connectivity index (χ1n) is 12.9. The number of imide groups is 1. The van der Waals surface area contributed by atoms with E-state index in [9.17, 15) is 24.0 Å². The molecule has 0 spiro atoms. The van der Waals surface area contributed by atoms with Crippen molar-refractivity contribution in [3.63, 3.8) is 0 Å². The van der Waals surface area contributed by atoms with Crippen LogP contribution in [0.15, 0.2) is 78.9 Å². The zero-order valence-electron chi connectivity index (χ0n) is 21.9. The quantitative estimate of drug-likeness (QED) is 0.115. The number of hydrogen-bond acceptors (Lipinski definition) is 6. The second-order valence-corrected chi connectivity index (χ2v) is 10.7. The van der Waals surface area contributed by atoms with E-state index in [1.54, 1.807) is 24.3 Å². The van der Waals surface area contributed by atoms with Crippen molar-refractivity contribution in [2.75, 3.05) is 6.54 Å².